The van der Waals surface area contributed by atoms with E-state index in [-0.39, 0.29) is 0 Å². The predicted molar refractivity (Wildman–Crippen MR) is 199 cm³/mol. The number of thiophene rings is 1. The van der Waals surface area contributed by atoms with Crippen molar-refractivity contribution >= 4 is 27.7 Å². The van der Waals surface area contributed by atoms with Crippen LogP contribution in [0.5, 0.6) is 5.75 Å². The van der Waals surface area contributed by atoms with Gasteiger partial charge in [0.05, 0.1) is 103 Å². The molecule has 1 aromatic heterocycles. The third-order valence-corrected chi connectivity index (χ3v) is 11.3. The minimum atomic E-state index is 0.381. The number of likely N-dealkylation sites (N-methyl/N-ethyl adjacent to an activating group) is 2. The third kappa shape index (κ3) is 12.0. The highest BCUT2D eigenvalue weighted by molar-refractivity contribution is 7.16. The number of methoxy groups -OCH3 is 1. The Balaban J connectivity index is 2.15. The number of nitrogens with zero attached hydrogens (tertiary/aromatic N) is 7. The Kier molecular flexibility index (Phi) is 18.8. The molecule has 0 saturated carbocycles. The van der Waals surface area contributed by atoms with Gasteiger partial charge in [-0.3, -0.25) is 0 Å². The lowest BCUT2D eigenvalue weighted by atomic mass is 10.1. The lowest BCUT2D eigenvalue weighted by Gasteiger charge is -2.35. The molecule has 1 aromatic carbocycles. The minimum absolute atomic E-state index is 0.381. The van der Waals surface area contributed by atoms with Crippen LogP contribution in [0.2, 0.25) is 0 Å². The first kappa shape index (κ1) is 42.1. The molecule has 1 heterocycles. The van der Waals surface area contributed by atoms with Gasteiger partial charge in [0, 0.05) is 19.2 Å². The molecule has 12 heteroatoms. The quantitative estimate of drug-likeness (QED) is 0.0615. The molecular weight excluding hydrogens is 639 g/mol. The summed E-state index contributed by atoms with van der Waals surface area (Å²) in [6.45, 7) is 30.9. The van der Waals surface area contributed by atoms with Crippen molar-refractivity contribution < 1.29 is 27.9 Å². The van der Waals surface area contributed by atoms with Gasteiger partial charge >= 0.3 is 0 Å². The number of nitriles is 2. The van der Waals surface area contributed by atoms with Crippen molar-refractivity contribution in [1.82, 2.24) is 0 Å². The number of hydrogen-bond donors (Lipinski definition) is 0. The molecule has 0 aliphatic rings. The summed E-state index contributed by atoms with van der Waals surface area (Å²) in [5.41, 5.74) is 3.47. The van der Waals surface area contributed by atoms with E-state index in [9.17, 15) is 10.5 Å². The predicted octanol–water partition coefficient (Wildman–Crippen LogP) is 7.14. The molecule has 0 aliphatic carbocycles. The maximum Gasteiger partial charge on any atom is 0.158 e. The molecule has 0 radical (unpaired) electrons. The summed E-state index contributed by atoms with van der Waals surface area (Å²) >= 11 is 1.17. The highest BCUT2D eigenvalue weighted by Crippen LogP contribution is 2.38. The number of anilines is 1. The zero-order valence-electron chi connectivity index (χ0n) is 31.6. The third-order valence-electron chi connectivity index (χ3n) is 10.3. The summed E-state index contributed by atoms with van der Waals surface area (Å²) in [5, 5.41) is 28.3. The maximum absolute atomic E-state index is 9.61. The molecule has 0 amide bonds. The zero-order valence-corrected chi connectivity index (χ0v) is 32.5. The Hall–Kier alpha value is -3.10. The average molecular weight is 700 g/mol. The zero-order chi connectivity index (χ0) is 36.3. The molecule has 0 atom stereocenters. The topological polar surface area (TPSA) is 112 Å². The number of ether oxygens (including phenoxy) is 4. The lowest BCUT2D eigenvalue weighted by Crippen LogP contribution is -2.49. The molecule has 272 valence electrons. The standard InChI is InChI=1S/C37H61N7O4S/c1-10-43(11-2,12-3)18-22-46-20-16-42(17-21-47-24-25-48-23-19-44(13-4,14-5)15-6)34-26-30(7)33(27-35(34)45-9)40-41-37-32(28-38)31(8)36(29-39)49-37/h26-27H,10-25H2,1-9H3/q+2/b41-40+. The molecule has 11 nitrogen and oxygen atoms in total. The largest absolute Gasteiger partial charge is 0.495 e. The Morgan fingerprint density at radius 3 is 1.69 bits per heavy atom. The van der Waals surface area contributed by atoms with Crippen LogP contribution in [0.3, 0.4) is 0 Å². The van der Waals surface area contributed by atoms with Crippen LogP contribution < -0.4 is 9.64 Å². The van der Waals surface area contributed by atoms with Gasteiger partial charge in [-0.15, -0.1) is 21.6 Å². The summed E-state index contributed by atoms with van der Waals surface area (Å²) in [6, 6.07) is 8.21. The summed E-state index contributed by atoms with van der Waals surface area (Å²) in [5.74, 6) is 0.659. The SMILES string of the molecule is CC[N+](CC)(CC)CCOCCOCCN(CCOCC[N+](CC)(CC)CC)c1cc(C)c(/N=N/c2sc(C#N)c(C)c2C#N)cc1OC. The van der Waals surface area contributed by atoms with Crippen LogP contribution >= 0.6 is 11.3 Å². The summed E-state index contributed by atoms with van der Waals surface area (Å²) in [7, 11) is 1.65. The Labute approximate surface area is 299 Å². The van der Waals surface area contributed by atoms with Crippen LogP contribution in [0.25, 0.3) is 0 Å². The number of benzene rings is 1. The average Bonchev–Trinajstić information content (AvgIpc) is 3.45. The van der Waals surface area contributed by atoms with E-state index in [0.717, 1.165) is 79.2 Å². The highest BCUT2D eigenvalue weighted by Gasteiger charge is 2.22. The molecule has 0 bridgehead atoms. The van der Waals surface area contributed by atoms with E-state index >= 15 is 0 Å². The monoisotopic (exact) mass is 699 g/mol. The van der Waals surface area contributed by atoms with E-state index in [2.05, 4.69) is 74.9 Å². The molecular formula is C37H61N7O4S+2. The van der Waals surface area contributed by atoms with E-state index in [1.807, 2.05) is 13.0 Å². The molecule has 0 fully saturated rings. The summed E-state index contributed by atoms with van der Waals surface area (Å²) < 4.78 is 26.1. The van der Waals surface area contributed by atoms with Gasteiger partial charge in [0.1, 0.15) is 35.9 Å². The second-order valence-electron chi connectivity index (χ2n) is 12.3. The van der Waals surface area contributed by atoms with E-state index in [1.165, 1.54) is 11.3 Å². The van der Waals surface area contributed by atoms with Gasteiger partial charge in [0.15, 0.2) is 5.00 Å². The van der Waals surface area contributed by atoms with E-state index in [4.69, 9.17) is 18.9 Å². The van der Waals surface area contributed by atoms with Crippen molar-refractivity contribution in [3.05, 3.63) is 33.7 Å². The fourth-order valence-electron chi connectivity index (χ4n) is 6.02. The molecule has 0 N–H and O–H groups in total. The van der Waals surface area contributed by atoms with Crippen molar-refractivity contribution in [3.63, 3.8) is 0 Å². The summed E-state index contributed by atoms with van der Waals surface area (Å²) in [6.07, 6.45) is 0. The van der Waals surface area contributed by atoms with Gasteiger partial charge in [-0.1, -0.05) is 0 Å². The molecule has 2 aromatic rings. The van der Waals surface area contributed by atoms with Crippen LogP contribution in [0.4, 0.5) is 16.4 Å². The molecule has 0 unspecified atom stereocenters. The lowest BCUT2D eigenvalue weighted by molar-refractivity contribution is -0.923. The van der Waals surface area contributed by atoms with Crippen molar-refractivity contribution in [2.24, 2.45) is 10.2 Å². The van der Waals surface area contributed by atoms with Crippen molar-refractivity contribution in [1.29, 1.82) is 10.5 Å². The number of azo groups is 1. The molecule has 0 saturated heterocycles. The van der Waals surface area contributed by atoms with Gasteiger partial charge < -0.3 is 32.8 Å². The Bertz CT molecular complexity index is 1370. The highest BCUT2D eigenvalue weighted by atomic mass is 32.1. The maximum atomic E-state index is 9.61. The van der Waals surface area contributed by atoms with Crippen molar-refractivity contribution in [3.8, 4) is 17.9 Å². The minimum Gasteiger partial charge on any atom is -0.495 e. The number of aryl methyl sites for hydroxylation is 1. The van der Waals surface area contributed by atoms with E-state index < -0.39 is 0 Å². The number of hydrogen-bond acceptors (Lipinski definition) is 10. The van der Waals surface area contributed by atoms with Gasteiger partial charge in [-0.2, -0.15) is 10.5 Å². The van der Waals surface area contributed by atoms with Crippen molar-refractivity contribution in [2.45, 2.75) is 55.4 Å². The molecule has 0 aliphatic heterocycles. The first-order valence-corrected chi connectivity index (χ1v) is 18.7. The molecule has 49 heavy (non-hydrogen) atoms. The fraction of sp³-hybridized carbons (Fsp3) is 0.676. The first-order chi connectivity index (χ1) is 23.7. The van der Waals surface area contributed by atoms with Crippen LogP contribution in [0, 0.1) is 36.5 Å². The van der Waals surface area contributed by atoms with E-state index in [1.54, 1.807) is 14.0 Å². The smallest absolute Gasteiger partial charge is 0.158 e. The van der Waals surface area contributed by atoms with Crippen molar-refractivity contribution in [2.75, 3.05) is 117 Å². The van der Waals surface area contributed by atoms with Gasteiger partial charge in [0.25, 0.3) is 0 Å². The van der Waals surface area contributed by atoms with Crippen LogP contribution in [0.15, 0.2) is 22.4 Å². The fourth-order valence-corrected chi connectivity index (χ4v) is 6.90. The number of rotatable bonds is 25. The van der Waals surface area contributed by atoms with Crippen LogP contribution in [0.1, 0.15) is 63.1 Å². The van der Waals surface area contributed by atoms with Crippen LogP contribution in [-0.4, -0.2) is 121 Å². The second-order valence-corrected chi connectivity index (χ2v) is 13.3. The van der Waals surface area contributed by atoms with Gasteiger partial charge in [-0.05, 0) is 72.6 Å². The number of quaternary nitrogens is 2. The summed E-state index contributed by atoms with van der Waals surface area (Å²) in [4.78, 5) is 2.71. The normalized spacial score (nSPS) is 12.0. The van der Waals surface area contributed by atoms with E-state index in [0.29, 0.717) is 78.6 Å². The Morgan fingerprint density at radius 2 is 1.22 bits per heavy atom. The van der Waals surface area contributed by atoms with Gasteiger partial charge in [-0.25, -0.2) is 0 Å². The second kappa shape index (κ2) is 21.9. The van der Waals surface area contributed by atoms with Crippen LogP contribution in [-0.2, 0) is 14.2 Å². The molecule has 2 rings (SSSR count). The first-order valence-electron chi connectivity index (χ1n) is 17.9. The van der Waals surface area contributed by atoms with Gasteiger partial charge in [0.2, 0.25) is 0 Å². The Morgan fingerprint density at radius 1 is 0.714 bits per heavy atom. The molecule has 0 spiro atoms.